The van der Waals surface area contributed by atoms with Crippen LogP contribution in [0.2, 0.25) is 39.3 Å². The molecule has 0 spiro atoms. The van der Waals surface area contributed by atoms with E-state index in [0.29, 0.717) is 0 Å². The number of ether oxygens (including phenoxy) is 2. The van der Waals surface area contributed by atoms with Crippen LogP contribution in [0.5, 0.6) is 5.75 Å². The summed E-state index contributed by atoms with van der Waals surface area (Å²) in [5, 5.41) is 1.86. The third-order valence-corrected chi connectivity index (χ3v) is 8.51. The summed E-state index contributed by atoms with van der Waals surface area (Å²) < 4.78 is 21.2. The highest BCUT2D eigenvalue weighted by Gasteiger charge is 2.37. The molecule has 0 aliphatic carbocycles. The molecule has 0 fully saturated rings. The van der Waals surface area contributed by atoms with Gasteiger partial charge < -0.3 is 19.3 Å². The van der Waals surface area contributed by atoms with E-state index >= 15 is 0 Å². The minimum atomic E-state index is -5.08. The van der Waals surface area contributed by atoms with Crippen LogP contribution in [0.25, 0.3) is 0 Å². The first kappa shape index (κ1) is 22.8. The van der Waals surface area contributed by atoms with Crippen molar-refractivity contribution in [3.05, 3.63) is 17.7 Å². The van der Waals surface area contributed by atoms with Gasteiger partial charge in [0, 0.05) is 0 Å². The van der Waals surface area contributed by atoms with E-state index in [1.165, 1.54) is 6.07 Å². The van der Waals surface area contributed by atoms with Crippen molar-refractivity contribution in [3.63, 3.8) is 0 Å². The van der Waals surface area contributed by atoms with Crippen molar-refractivity contribution < 1.29 is 33.4 Å². The molecule has 0 aromatic heterocycles. The lowest BCUT2D eigenvalue weighted by molar-refractivity contribution is 0.0525. The van der Waals surface area contributed by atoms with Gasteiger partial charge in [-0.15, -0.1) is 0 Å². The fraction of sp³-hybridized carbons (Fsp3) is 0.500. The molecule has 0 aliphatic rings. The van der Waals surface area contributed by atoms with Crippen LogP contribution in [0.3, 0.4) is 0 Å². The van der Waals surface area contributed by atoms with E-state index < -0.39 is 35.4 Å². The largest absolute Gasteiger partial charge is 0.462 e. The standard InChI is InChI=1S/C16H27O7PSi2/c1-8-22-15(17)13-11(23-16(18)24(19,20)21)9-10-12(25(2,3)4)14(13)26(5,6)7/h9-10H,8H2,1-7H3,(H2,19,20,21). The molecule has 0 bridgehead atoms. The minimum Gasteiger partial charge on any atom is -0.462 e. The number of esters is 1. The Morgan fingerprint density at radius 1 is 1.04 bits per heavy atom. The number of hydrogen-bond acceptors (Lipinski definition) is 5. The monoisotopic (exact) mass is 418 g/mol. The number of hydrogen-bond donors (Lipinski definition) is 2. The van der Waals surface area contributed by atoms with Gasteiger partial charge >= 0.3 is 19.3 Å². The highest BCUT2D eigenvalue weighted by Crippen LogP contribution is 2.38. The molecule has 1 rings (SSSR count). The Bertz CT molecular complexity index is 757. The molecule has 0 unspecified atom stereocenters. The van der Waals surface area contributed by atoms with E-state index in [9.17, 15) is 14.2 Å². The maximum absolute atomic E-state index is 12.7. The van der Waals surface area contributed by atoms with Gasteiger partial charge in [0.15, 0.2) is 0 Å². The van der Waals surface area contributed by atoms with Gasteiger partial charge in [0.1, 0.15) is 11.3 Å². The molecule has 26 heavy (non-hydrogen) atoms. The zero-order valence-electron chi connectivity index (χ0n) is 16.2. The average Bonchev–Trinajstić information content (AvgIpc) is 2.43. The minimum absolute atomic E-state index is 0.104. The van der Waals surface area contributed by atoms with Crippen molar-refractivity contribution in [2.24, 2.45) is 0 Å². The number of carbonyl (C=O) groups excluding carboxylic acids is 2. The van der Waals surface area contributed by atoms with Gasteiger partial charge in [-0.2, -0.15) is 0 Å². The van der Waals surface area contributed by atoms with Crippen LogP contribution in [0.15, 0.2) is 12.1 Å². The van der Waals surface area contributed by atoms with Gasteiger partial charge in [-0.3, -0.25) is 0 Å². The Labute approximate surface area is 155 Å². The first-order valence-corrected chi connectivity index (χ1v) is 16.8. The van der Waals surface area contributed by atoms with E-state index in [4.69, 9.17) is 19.3 Å². The lowest BCUT2D eigenvalue weighted by atomic mass is 10.2. The van der Waals surface area contributed by atoms with Crippen LogP contribution in [0, 0.1) is 0 Å². The fourth-order valence-electron chi connectivity index (χ4n) is 2.63. The van der Waals surface area contributed by atoms with E-state index in [1.54, 1.807) is 13.0 Å². The predicted molar refractivity (Wildman–Crippen MR) is 106 cm³/mol. The summed E-state index contributed by atoms with van der Waals surface area (Å²) >= 11 is 0. The molecule has 10 heteroatoms. The highest BCUT2D eigenvalue weighted by atomic mass is 31.2. The Morgan fingerprint density at radius 3 is 1.96 bits per heavy atom. The molecule has 2 N–H and O–H groups in total. The van der Waals surface area contributed by atoms with Crippen LogP contribution >= 0.6 is 7.60 Å². The molecule has 0 saturated carbocycles. The maximum Gasteiger partial charge on any atom is 0.433 e. The number of carbonyl (C=O) groups is 2. The smallest absolute Gasteiger partial charge is 0.433 e. The molecule has 7 nitrogen and oxygen atoms in total. The zero-order valence-corrected chi connectivity index (χ0v) is 19.1. The highest BCUT2D eigenvalue weighted by molar-refractivity contribution is 7.69. The molecule has 0 saturated heterocycles. The van der Waals surface area contributed by atoms with Crippen molar-refractivity contribution in [1.29, 1.82) is 0 Å². The lowest BCUT2D eigenvalue weighted by Crippen LogP contribution is -2.58. The Kier molecular flexibility index (Phi) is 6.81. The topological polar surface area (TPSA) is 110 Å². The molecule has 1 aromatic rings. The SMILES string of the molecule is CCOC(=O)c1c(OC(=O)P(=O)(O)O)ccc([Si](C)(C)C)c1[Si](C)(C)C. The second-order valence-corrected chi connectivity index (χ2v) is 19.5. The summed E-state index contributed by atoms with van der Waals surface area (Å²) in [6.45, 7) is 14.4. The van der Waals surface area contributed by atoms with Crippen molar-refractivity contribution in [2.75, 3.05) is 6.61 Å². The van der Waals surface area contributed by atoms with Crippen LogP contribution in [0.4, 0.5) is 4.79 Å². The van der Waals surface area contributed by atoms with E-state index in [-0.39, 0.29) is 17.9 Å². The molecule has 1 aromatic carbocycles. The van der Waals surface area contributed by atoms with Gasteiger partial charge in [-0.1, -0.05) is 50.5 Å². The van der Waals surface area contributed by atoms with Crippen LogP contribution < -0.4 is 15.1 Å². The summed E-state index contributed by atoms with van der Waals surface area (Å²) in [5.74, 6) is -0.824. The third kappa shape index (κ3) is 5.37. The van der Waals surface area contributed by atoms with Gasteiger partial charge in [0.05, 0.1) is 22.8 Å². The zero-order chi connectivity index (χ0) is 20.5. The summed E-state index contributed by atoms with van der Waals surface area (Å²) in [6, 6.07) is 3.22. The van der Waals surface area contributed by atoms with Crippen molar-refractivity contribution in [1.82, 2.24) is 0 Å². The lowest BCUT2D eigenvalue weighted by Gasteiger charge is -2.30. The van der Waals surface area contributed by atoms with E-state index in [2.05, 4.69) is 39.3 Å². The first-order valence-electron chi connectivity index (χ1n) is 8.23. The molecule has 0 amide bonds. The van der Waals surface area contributed by atoms with Gasteiger partial charge in [0.25, 0.3) is 0 Å². The molecule has 0 radical (unpaired) electrons. The third-order valence-electron chi connectivity index (χ3n) is 3.64. The van der Waals surface area contributed by atoms with Crippen molar-refractivity contribution in [3.8, 4) is 5.75 Å². The van der Waals surface area contributed by atoms with Crippen LogP contribution in [0.1, 0.15) is 17.3 Å². The summed E-state index contributed by atoms with van der Waals surface area (Å²) in [5.41, 5.74) is -1.59. The summed E-state index contributed by atoms with van der Waals surface area (Å²) in [7, 11) is -9.04. The maximum atomic E-state index is 12.7. The average molecular weight is 419 g/mol. The van der Waals surface area contributed by atoms with Gasteiger partial charge in [0.2, 0.25) is 0 Å². The molecule has 0 atom stereocenters. The van der Waals surface area contributed by atoms with Gasteiger partial charge in [-0.05, 0) is 18.2 Å². The second-order valence-electron chi connectivity index (χ2n) is 7.99. The number of rotatable bonds is 6. The second kappa shape index (κ2) is 7.78. The van der Waals surface area contributed by atoms with E-state index in [0.717, 1.165) is 10.4 Å². The van der Waals surface area contributed by atoms with Crippen molar-refractivity contribution >= 4 is 45.8 Å². The summed E-state index contributed by atoms with van der Waals surface area (Å²) in [4.78, 5) is 42.4. The van der Waals surface area contributed by atoms with Crippen molar-refractivity contribution in [2.45, 2.75) is 46.2 Å². The fourth-order valence-corrected chi connectivity index (χ4v) is 8.42. The van der Waals surface area contributed by atoms with E-state index in [1.807, 2.05) is 0 Å². The molecular formula is C16H27O7PSi2. The normalized spacial score (nSPS) is 12.7. The van der Waals surface area contributed by atoms with Crippen LogP contribution in [-0.4, -0.2) is 44.2 Å². The molecule has 0 aliphatic heterocycles. The molecule has 146 valence electrons. The summed E-state index contributed by atoms with van der Waals surface area (Å²) in [6.07, 6.45) is 0. The Hall–Kier alpha value is -1.26. The Morgan fingerprint density at radius 2 is 1.58 bits per heavy atom. The first-order chi connectivity index (χ1) is 11.6. The quantitative estimate of drug-likeness (QED) is 0.415. The number of benzene rings is 1. The predicted octanol–water partition coefficient (Wildman–Crippen LogP) is 2.63. The van der Waals surface area contributed by atoms with Crippen LogP contribution in [-0.2, 0) is 9.30 Å². The Balaban J connectivity index is 3.80. The molecular weight excluding hydrogens is 391 g/mol. The van der Waals surface area contributed by atoms with Gasteiger partial charge in [-0.25, -0.2) is 14.2 Å². The molecule has 0 heterocycles.